The van der Waals surface area contributed by atoms with Gasteiger partial charge in [0.1, 0.15) is 18.1 Å². The fourth-order valence-corrected chi connectivity index (χ4v) is 3.69. The van der Waals surface area contributed by atoms with E-state index in [1.165, 1.54) is 12.5 Å². The van der Waals surface area contributed by atoms with Crippen LogP contribution in [-0.4, -0.2) is 16.4 Å². The van der Waals surface area contributed by atoms with Crippen molar-refractivity contribution < 1.29 is 9.59 Å². The molecule has 122 valence electrons. The van der Waals surface area contributed by atoms with Gasteiger partial charge < -0.3 is 0 Å². The number of rotatable bonds is 5. The minimum absolute atomic E-state index is 0.00250. The van der Waals surface area contributed by atoms with Gasteiger partial charge in [-0.1, -0.05) is 66.7 Å². The summed E-state index contributed by atoms with van der Waals surface area (Å²) in [6, 6.07) is 20.5. The highest BCUT2D eigenvalue weighted by molar-refractivity contribution is 6.05. The fraction of sp³-hybridized carbons (Fsp3) is 0.273. The summed E-state index contributed by atoms with van der Waals surface area (Å²) in [5, 5.41) is 0. The largest absolute Gasteiger partial charge is 0.308 e. The van der Waals surface area contributed by atoms with Gasteiger partial charge in [0.15, 0.2) is 0 Å². The van der Waals surface area contributed by atoms with E-state index in [9.17, 15) is 9.59 Å². The van der Waals surface area contributed by atoms with Crippen molar-refractivity contribution in [2.24, 2.45) is 5.92 Å². The summed E-state index contributed by atoms with van der Waals surface area (Å²) < 4.78 is 0. The summed E-state index contributed by atoms with van der Waals surface area (Å²) in [5.41, 5.74) is 3.48. The number of Topliss-reactive ketones (excluding diaryl/α,β-unsaturated/α-hetero) is 1. The molecule has 1 aliphatic rings. The lowest BCUT2D eigenvalue weighted by Crippen LogP contribution is -2.28. The molecule has 2 aromatic carbocycles. The topological polar surface area (TPSA) is 38.5 Å². The van der Waals surface area contributed by atoms with Crippen LogP contribution in [0, 0.1) is 5.92 Å². The van der Waals surface area contributed by atoms with Crippen molar-refractivity contribution in [3.63, 3.8) is 0 Å². The molecule has 0 spiro atoms. The predicted octanol–water partition coefficient (Wildman–Crippen LogP) is 4.79. The van der Waals surface area contributed by atoms with Crippen molar-refractivity contribution in [2.45, 2.75) is 32.1 Å². The first-order valence-corrected chi connectivity index (χ1v) is 8.51. The molecule has 2 nitrogen and oxygen atoms in total. The SMILES string of the molecule is CC(=O)CC(=[OH+])C1C(c2ccccc2)=CCCC1c1ccccc1. The van der Waals surface area contributed by atoms with Gasteiger partial charge in [-0.2, -0.15) is 0 Å². The Labute approximate surface area is 143 Å². The number of carbonyl (C=O) groups is 1. The van der Waals surface area contributed by atoms with Crippen molar-refractivity contribution in [3.05, 3.63) is 77.9 Å². The van der Waals surface area contributed by atoms with E-state index in [4.69, 9.17) is 0 Å². The number of allylic oxidation sites excluding steroid dienone is 2. The fourth-order valence-electron chi connectivity index (χ4n) is 3.69. The third-order valence-corrected chi connectivity index (χ3v) is 4.70. The van der Waals surface area contributed by atoms with E-state index in [1.807, 2.05) is 36.4 Å². The Balaban J connectivity index is 2.02. The zero-order chi connectivity index (χ0) is 16.9. The molecule has 0 heterocycles. The lowest BCUT2D eigenvalue weighted by atomic mass is 9.70. The van der Waals surface area contributed by atoms with E-state index in [0.717, 1.165) is 24.0 Å². The molecule has 2 heteroatoms. The van der Waals surface area contributed by atoms with Crippen molar-refractivity contribution in [2.75, 3.05) is 0 Å². The molecule has 1 aliphatic carbocycles. The maximum Gasteiger partial charge on any atom is 0.308 e. The summed E-state index contributed by atoms with van der Waals surface area (Å²) in [5.74, 6) is 0.349. The van der Waals surface area contributed by atoms with Crippen LogP contribution in [0.1, 0.15) is 43.2 Å². The molecule has 2 unspecified atom stereocenters. The molecule has 0 bridgehead atoms. The number of benzene rings is 2. The average molecular weight is 319 g/mol. The number of hydrogen-bond acceptors (Lipinski definition) is 1. The first kappa shape index (κ1) is 16.4. The number of hydrogen-bond donors (Lipinski definition) is 0. The Morgan fingerprint density at radius 3 is 2.29 bits per heavy atom. The van der Waals surface area contributed by atoms with Crippen molar-refractivity contribution in [1.29, 1.82) is 0 Å². The number of ketones is 2. The Bertz CT molecular complexity index is 744. The lowest BCUT2D eigenvalue weighted by Gasteiger charge is -2.30. The van der Waals surface area contributed by atoms with Crippen LogP contribution in [0.15, 0.2) is 66.7 Å². The van der Waals surface area contributed by atoms with Crippen LogP contribution < -0.4 is 0 Å². The van der Waals surface area contributed by atoms with Gasteiger partial charge in [-0.25, -0.2) is 0 Å². The van der Waals surface area contributed by atoms with E-state index in [1.54, 1.807) is 0 Å². The molecular weight excluding hydrogens is 296 g/mol. The van der Waals surface area contributed by atoms with Gasteiger partial charge in [0.2, 0.25) is 0 Å². The minimum atomic E-state index is -0.132. The third-order valence-electron chi connectivity index (χ3n) is 4.70. The van der Waals surface area contributed by atoms with Crippen LogP contribution in [-0.2, 0) is 4.79 Å². The molecule has 2 aromatic rings. The molecule has 0 saturated carbocycles. The molecule has 2 atom stereocenters. The first-order valence-electron chi connectivity index (χ1n) is 8.51. The van der Waals surface area contributed by atoms with Crippen molar-refractivity contribution in [3.8, 4) is 0 Å². The molecule has 0 amide bonds. The Morgan fingerprint density at radius 2 is 1.67 bits per heavy atom. The Hall–Kier alpha value is -2.48. The summed E-state index contributed by atoms with van der Waals surface area (Å²) in [6.07, 6.45) is 4.30. The molecular formula is C22H23O2+. The second kappa shape index (κ2) is 7.39. The van der Waals surface area contributed by atoms with Gasteiger partial charge in [-0.3, -0.25) is 9.59 Å². The number of carbonyl (C=O) groups excluding carboxylic acids is 2. The average Bonchev–Trinajstić information content (AvgIpc) is 2.62. The summed E-state index contributed by atoms with van der Waals surface area (Å²) in [7, 11) is 0. The van der Waals surface area contributed by atoms with Gasteiger partial charge in [0, 0.05) is 5.92 Å². The molecule has 0 aliphatic heterocycles. The lowest BCUT2D eigenvalue weighted by molar-refractivity contribution is -0.116. The summed E-state index contributed by atoms with van der Waals surface area (Å²) in [4.78, 5) is 22.3. The first-order chi connectivity index (χ1) is 11.7. The second-order valence-corrected chi connectivity index (χ2v) is 6.47. The van der Waals surface area contributed by atoms with E-state index >= 15 is 0 Å². The quantitative estimate of drug-likeness (QED) is 0.577. The van der Waals surface area contributed by atoms with Crippen LogP contribution in [0.25, 0.3) is 5.57 Å². The zero-order valence-corrected chi connectivity index (χ0v) is 14.0. The Kier molecular flexibility index (Phi) is 5.05. The third kappa shape index (κ3) is 3.53. The van der Waals surface area contributed by atoms with Gasteiger partial charge in [0.25, 0.3) is 0 Å². The van der Waals surface area contributed by atoms with Gasteiger partial charge in [-0.05, 0) is 36.5 Å². The van der Waals surface area contributed by atoms with Crippen molar-refractivity contribution >= 4 is 17.1 Å². The molecule has 0 aromatic heterocycles. The minimum Gasteiger partial charge on any atom is -0.299 e. The highest BCUT2D eigenvalue weighted by atomic mass is 16.1. The van der Waals surface area contributed by atoms with Gasteiger partial charge in [0.05, 0.1) is 0 Å². The zero-order valence-electron chi connectivity index (χ0n) is 14.0. The molecule has 1 N–H and O–H groups in total. The smallest absolute Gasteiger partial charge is 0.299 e. The van der Waals surface area contributed by atoms with Crippen LogP contribution in [0.4, 0.5) is 0 Å². The molecule has 0 radical (unpaired) electrons. The van der Waals surface area contributed by atoms with Gasteiger partial charge in [-0.15, -0.1) is 0 Å². The van der Waals surface area contributed by atoms with E-state index in [2.05, 4.69) is 30.3 Å². The van der Waals surface area contributed by atoms with E-state index in [0.29, 0.717) is 0 Å². The normalized spacial score (nSPS) is 20.3. The van der Waals surface area contributed by atoms with Crippen LogP contribution >= 0.6 is 0 Å². The van der Waals surface area contributed by atoms with E-state index in [-0.39, 0.29) is 29.8 Å². The Morgan fingerprint density at radius 1 is 1.04 bits per heavy atom. The standard InChI is InChI=1S/C22H22O2/c1-16(23)15-21(24)22-19(17-9-4-2-5-10-17)13-8-14-20(22)18-11-6-3-7-12-18/h2-7,9-13,20,22H,8,14-15H2,1H3/p+1. The monoisotopic (exact) mass is 319 g/mol. The van der Waals surface area contributed by atoms with Crippen LogP contribution in [0.5, 0.6) is 0 Å². The summed E-state index contributed by atoms with van der Waals surface area (Å²) in [6.45, 7) is 1.53. The van der Waals surface area contributed by atoms with Crippen molar-refractivity contribution in [1.82, 2.24) is 0 Å². The van der Waals surface area contributed by atoms with Crippen LogP contribution in [0.2, 0.25) is 0 Å². The summed E-state index contributed by atoms with van der Waals surface area (Å²) >= 11 is 0. The highest BCUT2D eigenvalue weighted by Gasteiger charge is 2.39. The maximum atomic E-state index is 11.6. The second-order valence-electron chi connectivity index (χ2n) is 6.47. The molecule has 0 saturated heterocycles. The van der Waals surface area contributed by atoms with Crippen LogP contribution in [0.3, 0.4) is 0 Å². The maximum absolute atomic E-state index is 11.6. The predicted molar refractivity (Wildman–Crippen MR) is 98.6 cm³/mol. The molecule has 0 fully saturated rings. The molecule has 24 heavy (non-hydrogen) atoms. The molecule has 3 rings (SSSR count). The highest BCUT2D eigenvalue weighted by Crippen LogP contribution is 2.43. The van der Waals surface area contributed by atoms with E-state index < -0.39 is 0 Å². The van der Waals surface area contributed by atoms with Gasteiger partial charge >= 0.3 is 5.78 Å².